The van der Waals surface area contributed by atoms with Crippen molar-refractivity contribution < 1.29 is 9.59 Å². The van der Waals surface area contributed by atoms with E-state index in [9.17, 15) is 9.59 Å². The number of carbonyl (C=O) groups is 2. The summed E-state index contributed by atoms with van der Waals surface area (Å²) in [5, 5.41) is 3.80. The first-order valence-corrected chi connectivity index (χ1v) is 9.33. The molecule has 138 valence electrons. The highest BCUT2D eigenvalue weighted by atomic mass is 35.5. The van der Waals surface area contributed by atoms with Crippen LogP contribution in [0.15, 0.2) is 42.5 Å². The summed E-state index contributed by atoms with van der Waals surface area (Å²) in [7, 11) is 0. The van der Waals surface area contributed by atoms with Crippen LogP contribution >= 0.6 is 23.2 Å². The maximum absolute atomic E-state index is 12.3. The Kier molecular flexibility index (Phi) is 7.49. The molecule has 6 heteroatoms. The minimum absolute atomic E-state index is 0.0107. The Balaban J connectivity index is 1.93. The molecule has 0 bridgehead atoms. The molecule has 0 saturated carbocycles. The van der Waals surface area contributed by atoms with Crippen LogP contribution in [0, 0.1) is 0 Å². The predicted molar refractivity (Wildman–Crippen MR) is 107 cm³/mol. The molecule has 0 saturated heterocycles. The number of nitrogens with one attached hydrogen (secondary N) is 1. The first kappa shape index (κ1) is 20.3. The number of anilines is 1. The molecule has 0 radical (unpaired) electrons. The highest BCUT2D eigenvalue weighted by molar-refractivity contribution is 6.42. The fourth-order valence-corrected chi connectivity index (χ4v) is 3.02. The van der Waals surface area contributed by atoms with E-state index in [0.717, 1.165) is 5.56 Å². The summed E-state index contributed by atoms with van der Waals surface area (Å²) in [6.07, 6.45) is 0.796. The van der Waals surface area contributed by atoms with Gasteiger partial charge < -0.3 is 10.2 Å². The fourth-order valence-electron chi connectivity index (χ4n) is 2.60. The normalized spacial score (nSPS) is 10.5. The first-order chi connectivity index (χ1) is 12.5. The van der Waals surface area contributed by atoms with Gasteiger partial charge >= 0.3 is 0 Å². The van der Waals surface area contributed by atoms with Gasteiger partial charge in [-0.05, 0) is 56.2 Å². The molecule has 0 fully saturated rings. The van der Waals surface area contributed by atoms with E-state index in [1.807, 2.05) is 26.0 Å². The van der Waals surface area contributed by atoms with E-state index < -0.39 is 0 Å². The molecule has 4 nitrogen and oxygen atoms in total. The molecule has 0 aliphatic heterocycles. The molecule has 1 N–H and O–H groups in total. The monoisotopic (exact) mass is 392 g/mol. The third kappa shape index (κ3) is 5.23. The van der Waals surface area contributed by atoms with Crippen LogP contribution in [-0.2, 0) is 11.2 Å². The van der Waals surface area contributed by atoms with Crippen LogP contribution in [0.3, 0.4) is 0 Å². The minimum Gasteiger partial charge on any atom is -0.339 e. The lowest BCUT2D eigenvalue weighted by atomic mass is 10.1. The van der Waals surface area contributed by atoms with Gasteiger partial charge in [0.25, 0.3) is 5.91 Å². The van der Waals surface area contributed by atoms with Crippen molar-refractivity contribution in [3.8, 4) is 0 Å². The van der Waals surface area contributed by atoms with Crippen molar-refractivity contribution in [1.29, 1.82) is 0 Å². The van der Waals surface area contributed by atoms with Crippen molar-refractivity contribution >= 4 is 40.7 Å². The van der Waals surface area contributed by atoms with Gasteiger partial charge in [-0.15, -0.1) is 0 Å². The fraction of sp³-hybridized carbons (Fsp3) is 0.300. The summed E-state index contributed by atoms with van der Waals surface area (Å²) in [4.78, 5) is 26.2. The second kappa shape index (κ2) is 9.60. The number of benzene rings is 2. The van der Waals surface area contributed by atoms with Gasteiger partial charge in [-0.2, -0.15) is 0 Å². The van der Waals surface area contributed by atoms with Crippen LogP contribution in [0.25, 0.3) is 0 Å². The Morgan fingerprint density at radius 2 is 1.65 bits per heavy atom. The summed E-state index contributed by atoms with van der Waals surface area (Å²) in [6, 6.07) is 12.3. The Bertz CT molecular complexity index is 772. The van der Waals surface area contributed by atoms with Crippen molar-refractivity contribution in [2.75, 3.05) is 18.4 Å². The number of rotatable bonds is 7. The lowest BCUT2D eigenvalue weighted by molar-refractivity contribution is -0.116. The van der Waals surface area contributed by atoms with Gasteiger partial charge in [0.05, 0.1) is 10.0 Å². The Morgan fingerprint density at radius 3 is 2.27 bits per heavy atom. The lowest BCUT2D eigenvalue weighted by Gasteiger charge is -2.18. The molecule has 2 amide bonds. The topological polar surface area (TPSA) is 49.4 Å². The largest absolute Gasteiger partial charge is 0.339 e. The van der Waals surface area contributed by atoms with Crippen LogP contribution in [0.4, 0.5) is 5.69 Å². The molecular weight excluding hydrogens is 371 g/mol. The van der Waals surface area contributed by atoms with Crippen LogP contribution in [-0.4, -0.2) is 29.8 Å². The zero-order valence-corrected chi connectivity index (χ0v) is 16.4. The molecule has 0 unspecified atom stereocenters. The summed E-state index contributed by atoms with van der Waals surface area (Å²) < 4.78 is 0. The van der Waals surface area contributed by atoms with Gasteiger partial charge in [0, 0.05) is 30.8 Å². The second-order valence-corrected chi connectivity index (χ2v) is 6.60. The van der Waals surface area contributed by atoms with Crippen molar-refractivity contribution in [3.05, 3.63) is 63.6 Å². The molecule has 0 aromatic heterocycles. The Hall–Kier alpha value is -2.04. The number of hydrogen-bond acceptors (Lipinski definition) is 2. The average molecular weight is 393 g/mol. The summed E-state index contributed by atoms with van der Waals surface area (Å²) in [5.74, 6) is -0.132. The molecule has 0 heterocycles. The van der Waals surface area contributed by atoms with E-state index in [0.29, 0.717) is 47.2 Å². The van der Waals surface area contributed by atoms with E-state index >= 15 is 0 Å². The molecule has 0 aliphatic rings. The average Bonchev–Trinajstić information content (AvgIpc) is 2.64. The van der Waals surface area contributed by atoms with Gasteiger partial charge in [-0.25, -0.2) is 0 Å². The van der Waals surface area contributed by atoms with Gasteiger partial charge in [-0.3, -0.25) is 9.59 Å². The van der Waals surface area contributed by atoms with Crippen molar-refractivity contribution in [2.24, 2.45) is 0 Å². The number of aryl methyl sites for hydroxylation is 1. The van der Waals surface area contributed by atoms with Gasteiger partial charge in [0.1, 0.15) is 0 Å². The van der Waals surface area contributed by atoms with Crippen molar-refractivity contribution in [2.45, 2.75) is 26.7 Å². The Morgan fingerprint density at radius 1 is 1.00 bits per heavy atom. The third-order valence-corrected chi connectivity index (χ3v) is 4.98. The van der Waals surface area contributed by atoms with E-state index in [1.54, 1.807) is 35.2 Å². The SMILES string of the molecule is CCN(CC)C(=O)c1ccc(NC(=O)CCc2cccc(Cl)c2Cl)cc1. The van der Waals surface area contributed by atoms with Crippen LogP contribution in [0.1, 0.15) is 36.2 Å². The van der Waals surface area contributed by atoms with Crippen molar-refractivity contribution in [1.82, 2.24) is 4.90 Å². The predicted octanol–water partition coefficient (Wildman–Crippen LogP) is 5.05. The number of amides is 2. The molecule has 0 atom stereocenters. The molecule has 2 aromatic rings. The first-order valence-electron chi connectivity index (χ1n) is 8.58. The molecule has 0 aliphatic carbocycles. The van der Waals surface area contributed by atoms with Crippen LogP contribution in [0.5, 0.6) is 0 Å². The number of nitrogens with zero attached hydrogens (tertiary/aromatic N) is 1. The van der Waals surface area contributed by atoms with E-state index in [2.05, 4.69) is 5.32 Å². The molecule has 26 heavy (non-hydrogen) atoms. The zero-order chi connectivity index (χ0) is 19.1. The van der Waals surface area contributed by atoms with E-state index in [-0.39, 0.29) is 11.8 Å². The zero-order valence-electron chi connectivity index (χ0n) is 14.9. The highest BCUT2D eigenvalue weighted by Gasteiger charge is 2.12. The smallest absolute Gasteiger partial charge is 0.253 e. The summed E-state index contributed by atoms with van der Waals surface area (Å²) >= 11 is 12.1. The third-order valence-electron chi connectivity index (χ3n) is 4.12. The van der Waals surface area contributed by atoms with Crippen LogP contribution in [0.2, 0.25) is 10.0 Å². The maximum atomic E-state index is 12.3. The standard InChI is InChI=1S/C20H22Cl2N2O2/c1-3-24(4-2)20(26)15-8-11-16(12-9-15)23-18(25)13-10-14-6-5-7-17(21)19(14)22/h5-9,11-12H,3-4,10,13H2,1-2H3,(H,23,25). The lowest BCUT2D eigenvalue weighted by Crippen LogP contribution is -2.30. The van der Waals surface area contributed by atoms with Gasteiger partial charge in [-0.1, -0.05) is 35.3 Å². The quantitative estimate of drug-likeness (QED) is 0.716. The molecule has 2 rings (SSSR count). The van der Waals surface area contributed by atoms with Crippen LogP contribution < -0.4 is 5.32 Å². The van der Waals surface area contributed by atoms with Crippen molar-refractivity contribution in [3.63, 3.8) is 0 Å². The number of hydrogen-bond donors (Lipinski definition) is 1. The van der Waals surface area contributed by atoms with E-state index in [4.69, 9.17) is 23.2 Å². The molecule has 2 aromatic carbocycles. The van der Waals surface area contributed by atoms with Gasteiger partial charge in [0.2, 0.25) is 5.91 Å². The maximum Gasteiger partial charge on any atom is 0.253 e. The molecular formula is C20H22Cl2N2O2. The minimum atomic E-state index is -0.121. The molecule has 0 spiro atoms. The highest BCUT2D eigenvalue weighted by Crippen LogP contribution is 2.26. The number of halogens is 2. The Labute approximate surface area is 164 Å². The van der Waals surface area contributed by atoms with E-state index in [1.165, 1.54) is 0 Å². The summed E-state index contributed by atoms with van der Waals surface area (Å²) in [5.41, 5.74) is 2.11. The number of carbonyl (C=O) groups excluding carboxylic acids is 2. The second-order valence-electron chi connectivity index (χ2n) is 5.82. The van der Waals surface area contributed by atoms with Gasteiger partial charge in [0.15, 0.2) is 0 Å². The summed E-state index contributed by atoms with van der Waals surface area (Å²) in [6.45, 7) is 5.23.